The Balaban J connectivity index is 1.62. The average molecular weight is 425 g/mol. The number of morpholine rings is 1. The van der Waals surface area contributed by atoms with Crippen molar-refractivity contribution < 1.29 is 19.4 Å². The quantitative estimate of drug-likeness (QED) is 0.789. The summed E-state index contributed by atoms with van der Waals surface area (Å²) in [6.45, 7) is 4.24. The molecule has 2 heterocycles. The highest BCUT2D eigenvalue weighted by atomic mass is 16.5. The minimum Gasteiger partial charge on any atom is -0.489 e. The van der Waals surface area contributed by atoms with Gasteiger partial charge in [0.1, 0.15) is 18.5 Å². The third kappa shape index (κ3) is 4.68. The molecule has 1 N–H and O–H groups in total. The molecule has 2 aromatic carbocycles. The van der Waals surface area contributed by atoms with Crippen molar-refractivity contribution >= 4 is 22.6 Å². The van der Waals surface area contributed by atoms with Gasteiger partial charge in [0.05, 0.1) is 30.8 Å². The molecule has 2 aromatic rings. The Hall–Kier alpha value is -3.02. The lowest BCUT2D eigenvalue weighted by Crippen LogP contribution is -2.55. The van der Waals surface area contributed by atoms with Crippen molar-refractivity contribution in [2.24, 2.45) is 0 Å². The van der Waals surface area contributed by atoms with Crippen LogP contribution in [0.2, 0.25) is 0 Å². The van der Waals surface area contributed by atoms with Crippen LogP contribution in [0.4, 0.5) is 10.5 Å². The highest BCUT2D eigenvalue weighted by Crippen LogP contribution is 2.38. The normalized spacial score (nSPS) is 22.3. The van der Waals surface area contributed by atoms with Gasteiger partial charge in [0.15, 0.2) is 0 Å². The first kappa shape index (κ1) is 21.2. The van der Waals surface area contributed by atoms with E-state index < -0.39 is 6.09 Å². The number of likely N-dealkylation sites (N-methyl/N-ethyl adjacent to an activating group) is 1. The molecule has 0 saturated carbocycles. The van der Waals surface area contributed by atoms with Crippen molar-refractivity contribution in [2.75, 3.05) is 57.9 Å². The largest absolute Gasteiger partial charge is 0.489 e. The molecule has 2 fully saturated rings. The van der Waals surface area contributed by atoms with Crippen LogP contribution in [-0.4, -0.2) is 86.1 Å². The molecule has 0 radical (unpaired) electrons. The minimum atomic E-state index is -0.979. The Kier molecular flexibility index (Phi) is 6.44. The first-order valence-corrected chi connectivity index (χ1v) is 10.6. The van der Waals surface area contributed by atoms with Crippen LogP contribution in [0.15, 0.2) is 36.4 Å². The van der Waals surface area contributed by atoms with Crippen molar-refractivity contribution in [1.29, 1.82) is 5.26 Å². The summed E-state index contributed by atoms with van der Waals surface area (Å²) in [5, 5.41) is 20.9. The number of fused-ring (bicyclic) bond motifs is 1. The van der Waals surface area contributed by atoms with E-state index in [2.05, 4.69) is 35.0 Å². The second kappa shape index (κ2) is 9.41. The monoisotopic (exact) mass is 424 g/mol. The van der Waals surface area contributed by atoms with E-state index in [0.717, 1.165) is 35.3 Å². The second-order valence-electron chi connectivity index (χ2n) is 8.14. The highest BCUT2D eigenvalue weighted by molar-refractivity contribution is 5.97. The molecule has 2 saturated heterocycles. The summed E-state index contributed by atoms with van der Waals surface area (Å²) in [7, 11) is 2.08. The summed E-state index contributed by atoms with van der Waals surface area (Å²) in [4.78, 5) is 17.4. The lowest BCUT2D eigenvalue weighted by atomic mass is 10.0. The number of hydrogen-bond donors (Lipinski definition) is 1. The van der Waals surface area contributed by atoms with Gasteiger partial charge in [-0.2, -0.15) is 5.26 Å². The Labute approximate surface area is 182 Å². The number of carboxylic acid groups (broad SMARTS) is 1. The van der Waals surface area contributed by atoms with E-state index in [-0.39, 0.29) is 18.6 Å². The molecular formula is C23H28N4O4. The Bertz CT molecular complexity index is 976. The third-order valence-corrected chi connectivity index (χ3v) is 6.00. The molecule has 2 aliphatic rings. The Morgan fingerprint density at radius 3 is 2.84 bits per heavy atom. The van der Waals surface area contributed by atoms with Gasteiger partial charge in [0.2, 0.25) is 0 Å². The van der Waals surface area contributed by atoms with Gasteiger partial charge in [-0.3, -0.25) is 0 Å². The van der Waals surface area contributed by atoms with Crippen molar-refractivity contribution in [2.45, 2.75) is 18.6 Å². The van der Waals surface area contributed by atoms with E-state index >= 15 is 0 Å². The number of nitriles is 1. The molecule has 8 nitrogen and oxygen atoms in total. The first-order chi connectivity index (χ1) is 15.1. The van der Waals surface area contributed by atoms with Crippen molar-refractivity contribution in [3.8, 4) is 11.8 Å². The standard InChI is InChI=1S/C23H28N4O4/c1-25-12-13-30-19(15-25)16-31-21-7-6-17-4-2-3-5-20(17)22(21)26-10-11-27(23(28)29)18(14-26)8-9-24/h2-7,18-19H,8,10-16H2,1H3,(H,28,29)/t18-,19+/m0/s1. The molecule has 0 unspecified atom stereocenters. The van der Waals surface area contributed by atoms with Crippen LogP contribution < -0.4 is 9.64 Å². The van der Waals surface area contributed by atoms with Crippen LogP contribution >= 0.6 is 0 Å². The maximum atomic E-state index is 11.6. The summed E-state index contributed by atoms with van der Waals surface area (Å²) < 4.78 is 12.1. The zero-order valence-electron chi connectivity index (χ0n) is 17.7. The summed E-state index contributed by atoms with van der Waals surface area (Å²) in [6, 6.07) is 13.9. The molecule has 2 aliphatic heterocycles. The summed E-state index contributed by atoms with van der Waals surface area (Å²) in [5.74, 6) is 0.759. The molecular weight excluding hydrogens is 396 g/mol. The van der Waals surface area contributed by atoms with Gasteiger partial charge in [0.25, 0.3) is 0 Å². The van der Waals surface area contributed by atoms with Crippen LogP contribution in [0, 0.1) is 11.3 Å². The smallest absolute Gasteiger partial charge is 0.407 e. The lowest BCUT2D eigenvalue weighted by Gasteiger charge is -2.41. The maximum Gasteiger partial charge on any atom is 0.407 e. The number of anilines is 1. The molecule has 164 valence electrons. The summed E-state index contributed by atoms with van der Waals surface area (Å²) in [5.41, 5.74) is 0.954. The number of carbonyl (C=O) groups is 1. The molecule has 8 heteroatoms. The van der Waals surface area contributed by atoms with Crippen LogP contribution in [0.1, 0.15) is 6.42 Å². The van der Waals surface area contributed by atoms with Gasteiger partial charge in [-0.15, -0.1) is 0 Å². The number of piperazine rings is 1. The molecule has 4 rings (SSSR count). The third-order valence-electron chi connectivity index (χ3n) is 6.00. The van der Waals surface area contributed by atoms with Crippen LogP contribution in [0.5, 0.6) is 5.75 Å². The van der Waals surface area contributed by atoms with Gasteiger partial charge in [-0.1, -0.05) is 30.3 Å². The summed E-state index contributed by atoms with van der Waals surface area (Å²) in [6.07, 6.45) is -0.812. The van der Waals surface area contributed by atoms with Crippen LogP contribution in [-0.2, 0) is 4.74 Å². The van der Waals surface area contributed by atoms with Gasteiger partial charge in [0, 0.05) is 38.1 Å². The first-order valence-electron chi connectivity index (χ1n) is 10.6. The number of rotatable bonds is 5. The highest BCUT2D eigenvalue weighted by Gasteiger charge is 2.32. The predicted molar refractivity (Wildman–Crippen MR) is 118 cm³/mol. The van der Waals surface area contributed by atoms with E-state index in [0.29, 0.717) is 32.8 Å². The van der Waals surface area contributed by atoms with E-state index in [4.69, 9.17) is 9.47 Å². The lowest BCUT2D eigenvalue weighted by molar-refractivity contribution is -0.0402. The number of ether oxygens (including phenoxy) is 2. The molecule has 31 heavy (non-hydrogen) atoms. The van der Waals surface area contributed by atoms with E-state index in [1.807, 2.05) is 24.3 Å². The minimum absolute atomic E-state index is 0.00765. The van der Waals surface area contributed by atoms with Crippen LogP contribution in [0.3, 0.4) is 0 Å². The average Bonchev–Trinajstić information content (AvgIpc) is 2.77. The zero-order valence-corrected chi connectivity index (χ0v) is 17.7. The fourth-order valence-electron chi connectivity index (χ4n) is 4.42. The number of nitrogens with zero attached hydrogens (tertiary/aromatic N) is 4. The van der Waals surface area contributed by atoms with E-state index in [9.17, 15) is 15.2 Å². The number of amides is 1. The van der Waals surface area contributed by atoms with Crippen LogP contribution in [0.25, 0.3) is 10.8 Å². The molecule has 1 amide bonds. The maximum absolute atomic E-state index is 11.6. The summed E-state index contributed by atoms with van der Waals surface area (Å²) >= 11 is 0. The molecule has 2 atom stereocenters. The van der Waals surface area contributed by atoms with E-state index in [1.54, 1.807) is 0 Å². The van der Waals surface area contributed by atoms with Gasteiger partial charge in [-0.25, -0.2) is 4.79 Å². The van der Waals surface area contributed by atoms with E-state index in [1.165, 1.54) is 4.90 Å². The topological polar surface area (TPSA) is 89.3 Å². The predicted octanol–water partition coefficient (Wildman–Crippen LogP) is 2.63. The molecule has 0 aromatic heterocycles. The van der Waals surface area contributed by atoms with Gasteiger partial charge in [-0.05, 0) is 18.5 Å². The number of hydrogen-bond acceptors (Lipinski definition) is 6. The fraction of sp³-hybridized carbons (Fsp3) is 0.478. The Morgan fingerprint density at radius 2 is 2.06 bits per heavy atom. The van der Waals surface area contributed by atoms with Crippen molar-refractivity contribution in [3.63, 3.8) is 0 Å². The molecule has 0 aliphatic carbocycles. The van der Waals surface area contributed by atoms with Gasteiger partial charge < -0.3 is 29.3 Å². The Morgan fingerprint density at radius 1 is 1.23 bits per heavy atom. The SMILES string of the molecule is CN1CCO[C@@H](COc2ccc3ccccc3c2N2CCN(C(=O)O)[C@@H](CC#N)C2)C1. The molecule has 0 bridgehead atoms. The van der Waals surface area contributed by atoms with Crippen molar-refractivity contribution in [3.05, 3.63) is 36.4 Å². The van der Waals surface area contributed by atoms with Gasteiger partial charge >= 0.3 is 6.09 Å². The zero-order chi connectivity index (χ0) is 21.8. The molecule has 0 spiro atoms. The fourth-order valence-corrected chi connectivity index (χ4v) is 4.42. The second-order valence-corrected chi connectivity index (χ2v) is 8.14. The number of benzene rings is 2. The van der Waals surface area contributed by atoms with Crippen molar-refractivity contribution in [1.82, 2.24) is 9.80 Å².